The van der Waals surface area contributed by atoms with Crippen molar-refractivity contribution in [1.29, 1.82) is 0 Å². The first-order chi connectivity index (χ1) is 8.24. The fraction of sp³-hybridized carbons (Fsp3) is 0.167. The molecular formula is C12H10FNO3. The number of halogens is 1. The zero-order chi connectivity index (χ0) is 12.1. The van der Waals surface area contributed by atoms with Gasteiger partial charge in [-0.3, -0.25) is 4.79 Å². The zero-order valence-electron chi connectivity index (χ0n) is 8.93. The molecule has 0 aliphatic carbocycles. The summed E-state index contributed by atoms with van der Waals surface area (Å²) in [5, 5.41) is 3.67. The lowest BCUT2D eigenvalue weighted by atomic mass is 10.2. The number of benzene rings is 1. The van der Waals surface area contributed by atoms with Crippen molar-refractivity contribution in [3.8, 4) is 5.75 Å². The van der Waals surface area contributed by atoms with Crippen LogP contribution in [0.4, 0.5) is 4.39 Å². The summed E-state index contributed by atoms with van der Waals surface area (Å²) in [5.74, 6) is -0.427. The maximum atomic E-state index is 12.6. The third-order valence-electron chi connectivity index (χ3n) is 2.12. The molecule has 0 unspecified atom stereocenters. The number of ether oxygens (including phenoxy) is 1. The number of aryl methyl sites for hydroxylation is 1. The van der Waals surface area contributed by atoms with Crippen LogP contribution in [0.2, 0.25) is 0 Å². The molecule has 1 heterocycles. The maximum absolute atomic E-state index is 12.6. The lowest BCUT2D eigenvalue weighted by Crippen LogP contribution is -2.09. The number of hydrogen-bond donors (Lipinski definition) is 0. The zero-order valence-corrected chi connectivity index (χ0v) is 8.93. The first kappa shape index (κ1) is 11.3. The molecule has 4 nitrogen and oxygen atoms in total. The van der Waals surface area contributed by atoms with Gasteiger partial charge in [-0.05, 0) is 24.3 Å². The van der Waals surface area contributed by atoms with E-state index in [4.69, 9.17) is 4.74 Å². The van der Waals surface area contributed by atoms with Gasteiger partial charge in [-0.15, -0.1) is 0 Å². The van der Waals surface area contributed by atoms with Crippen molar-refractivity contribution in [2.24, 2.45) is 0 Å². The summed E-state index contributed by atoms with van der Waals surface area (Å²) in [7, 11) is 0. The highest BCUT2D eigenvalue weighted by molar-refractivity contribution is 5.72. The Morgan fingerprint density at radius 2 is 2.06 bits per heavy atom. The van der Waals surface area contributed by atoms with E-state index in [9.17, 15) is 9.18 Å². The molecule has 5 heteroatoms. The van der Waals surface area contributed by atoms with Gasteiger partial charge >= 0.3 is 5.97 Å². The highest BCUT2D eigenvalue weighted by Gasteiger charge is 2.06. The minimum atomic E-state index is -0.389. The Bertz CT molecular complexity index is 479. The van der Waals surface area contributed by atoms with Crippen molar-refractivity contribution >= 4 is 5.97 Å². The molecule has 1 aromatic carbocycles. The molecule has 0 radical (unpaired) electrons. The average Bonchev–Trinajstić information content (AvgIpc) is 2.83. The quantitative estimate of drug-likeness (QED) is 0.603. The molecule has 17 heavy (non-hydrogen) atoms. The summed E-state index contributed by atoms with van der Waals surface area (Å²) in [6.07, 6.45) is 2.10. The van der Waals surface area contributed by atoms with Crippen LogP contribution in [-0.4, -0.2) is 11.1 Å². The van der Waals surface area contributed by atoms with Crippen molar-refractivity contribution in [1.82, 2.24) is 5.16 Å². The van der Waals surface area contributed by atoms with Crippen LogP contribution in [0.3, 0.4) is 0 Å². The number of aromatic nitrogens is 1. The molecule has 0 amide bonds. The van der Waals surface area contributed by atoms with Crippen LogP contribution in [0.25, 0.3) is 0 Å². The third-order valence-corrected chi connectivity index (χ3v) is 2.12. The summed E-state index contributed by atoms with van der Waals surface area (Å²) in [6.45, 7) is 0. The first-order valence-electron chi connectivity index (χ1n) is 5.09. The largest absolute Gasteiger partial charge is 0.427 e. The van der Waals surface area contributed by atoms with Crippen molar-refractivity contribution in [3.05, 3.63) is 48.1 Å². The maximum Gasteiger partial charge on any atom is 0.311 e. The van der Waals surface area contributed by atoms with E-state index in [1.54, 1.807) is 6.07 Å². The van der Waals surface area contributed by atoms with Gasteiger partial charge in [-0.1, -0.05) is 5.16 Å². The molecule has 2 rings (SSSR count). The Balaban J connectivity index is 1.83. The fourth-order valence-corrected chi connectivity index (χ4v) is 1.28. The third kappa shape index (κ3) is 3.41. The molecule has 0 spiro atoms. The summed E-state index contributed by atoms with van der Waals surface area (Å²) >= 11 is 0. The Morgan fingerprint density at radius 3 is 2.71 bits per heavy atom. The van der Waals surface area contributed by atoms with Gasteiger partial charge < -0.3 is 9.26 Å². The van der Waals surface area contributed by atoms with Gasteiger partial charge in [-0.2, -0.15) is 0 Å². The number of carbonyl (C=O) groups excluding carboxylic acids is 1. The SMILES string of the molecule is O=C(CCc1ccon1)Oc1ccc(F)cc1. The van der Waals surface area contributed by atoms with Gasteiger partial charge in [-0.25, -0.2) is 4.39 Å². The van der Waals surface area contributed by atoms with Crippen LogP contribution in [0.5, 0.6) is 5.75 Å². The Morgan fingerprint density at radius 1 is 1.29 bits per heavy atom. The number of rotatable bonds is 4. The van der Waals surface area contributed by atoms with Crippen molar-refractivity contribution < 1.29 is 18.4 Å². The van der Waals surface area contributed by atoms with E-state index in [-0.39, 0.29) is 18.2 Å². The Kier molecular flexibility index (Phi) is 3.49. The van der Waals surface area contributed by atoms with Crippen molar-refractivity contribution in [2.75, 3.05) is 0 Å². The molecular weight excluding hydrogens is 225 g/mol. The second-order valence-electron chi connectivity index (χ2n) is 3.42. The lowest BCUT2D eigenvalue weighted by Gasteiger charge is -2.02. The van der Waals surface area contributed by atoms with E-state index in [0.29, 0.717) is 17.9 Å². The number of esters is 1. The summed E-state index contributed by atoms with van der Waals surface area (Å²) in [4.78, 5) is 11.4. The highest BCUT2D eigenvalue weighted by atomic mass is 19.1. The van der Waals surface area contributed by atoms with Gasteiger partial charge in [0.2, 0.25) is 0 Å². The smallest absolute Gasteiger partial charge is 0.311 e. The van der Waals surface area contributed by atoms with Crippen LogP contribution in [0, 0.1) is 5.82 Å². The van der Waals surface area contributed by atoms with E-state index in [0.717, 1.165) is 0 Å². The van der Waals surface area contributed by atoms with Crippen LogP contribution in [0.1, 0.15) is 12.1 Å². The van der Waals surface area contributed by atoms with Crippen LogP contribution in [0.15, 0.2) is 41.1 Å². The summed E-state index contributed by atoms with van der Waals surface area (Å²) in [6, 6.07) is 6.97. The van der Waals surface area contributed by atoms with E-state index < -0.39 is 0 Å². The summed E-state index contributed by atoms with van der Waals surface area (Å²) < 4.78 is 22.2. The molecule has 1 aromatic heterocycles. The molecule has 88 valence electrons. The topological polar surface area (TPSA) is 52.3 Å². The first-order valence-corrected chi connectivity index (χ1v) is 5.09. The molecule has 2 aromatic rings. The van der Waals surface area contributed by atoms with E-state index >= 15 is 0 Å². The molecule has 0 fully saturated rings. The van der Waals surface area contributed by atoms with Gasteiger partial charge in [0.25, 0.3) is 0 Å². The minimum Gasteiger partial charge on any atom is -0.427 e. The Labute approximate surface area is 97.0 Å². The van der Waals surface area contributed by atoms with Crippen molar-refractivity contribution in [2.45, 2.75) is 12.8 Å². The molecule has 0 aliphatic heterocycles. The summed E-state index contributed by atoms with van der Waals surface area (Å²) in [5.41, 5.74) is 0.695. The lowest BCUT2D eigenvalue weighted by molar-refractivity contribution is -0.134. The van der Waals surface area contributed by atoms with Gasteiger partial charge in [0.15, 0.2) is 0 Å². The highest BCUT2D eigenvalue weighted by Crippen LogP contribution is 2.12. The van der Waals surface area contributed by atoms with Crippen molar-refractivity contribution in [3.63, 3.8) is 0 Å². The molecule has 0 aliphatic rings. The molecule has 0 atom stereocenters. The fourth-order valence-electron chi connectivity index (χ4n) is 1.28. The predicted octanol–water partition coefficient (Wildman–Crippen LogP) is 2.35. The van der Waals surface area contributed by atoms with Crippen LogP contribution >= 0.6 is 0 Å². The second kappa shape index (κ2) is 5.25. The van der Waals surface area contributed by atoms with Gasteiger partial charge in [0.05, 0.1) is 12.1 Å². The van der Waals surface area contributed by atoms with E-state index in [2.05, 4.69) is 9.68 Å². The Hall–Kier alpha value is -2.17. The molecule has 0 saturated carbocycles. The second-order valence-corrected chi connectivity index (χ2v) is 3.42. The number of nitrogens with zero attached hydrogens (tertiary/aromatic N) is 1. The standard InChI is InChI=1S/C12H10FNO3/c13-9-1-4-11(5-2-9)17-12(15)6-3-10-7-8-16-14-10/h1-2,4-5,7-8H,3,6H2. The predicted molar refractivity (Wildman–Crippen MR) is 56.9 cm³/mol. The molecule has 0 N–H and O–H groups in total. The van der Waals surface area contributed by atoms with Gasteiger partial charge in [0.1, 0.15) is 17.8 Å². The average molecular weight is 235 g/mol. The van der Waals surface area contributed by atoms with E-state index in [1.165, 1.54) is 30.5 Å². The minimum absolute atomic E-state index is 0.198. The normalized spacial score (nSPS) is 10.2. The molecule has 0 saturated heterocycles. The van der Waals surface area contributed by atoms with Gasteiger partial charge in [0, 0.05) is 12.5 Å². The number of carbonyl (C=O) groups is 1. The van der Waals surface area contributed by atoms with Crippen LogP contribution < -0.4 is 4.74 Å². The number of hydrogen-bond acceptors (Lipinski definition) is 4. The van der Waals surface area contributed by atoms with Crippen LogP contribution in [-0.2, 0) is 11.2 Å². The van der Waals surface area contributed by atoms with E-state index in [1.807, 2.05) is 0 Å². The molecule has 0 bridgehead atoms. The monoisotopic (exact) mass is 235 g/mol.